The highest BCUT2D eigenvalue weighted by molar-refractivity contribution is 5.85. The third-order valence-electron chi connectivity index (χ3n) is 2.42. The lowest BCUT2D eigenvalue weighted by Crippen LogP contribution is -2.27. The molecule has 0 aliphatic rings. The molecule has 0 aliphatic heterocycles. The highest BCUT2D eigenvalue weighted by atomic mass is 19.1. The molecule has 106 valence electrons. The average Bonchev–Trinajstić information content (AvgIpc) is 2.16. The minimum absolute atomic E-state index is 0.276. The van der Waals surface area contributed by atoms with Crippen LogP contribution < -0.4 is 5.32 Å². The molecule has 1 rings (SSSR count). The van der Waals surface area contributed by atoms with Gasteiger partial charge in [-0.2, -0.15) is 0 Å². The molecule has 1 N–H and O–H groups in total. The molecule has 0 spiro atoms. The van der Waals surface area contributed by atoms with Crippen molar-refractivity contribution >= 4 is 11.8 Å². The van der Waals surface area contributed by atoms with Crippen LogP contribution in [0.25, 0.3) is 0 Å². The number of hydrogen-bond acceptors (Lipinski definition) is 2. The highest BCUT2D eigenvalue weighted by Crippen LogP contribution is 2.27. The Labute approximate surface area is 114 Å². The largest absolute Gasteiger partial charge is 0.444 e. The van der Waals surface area contributed by atoms with Gasteiger partial charge in [0.1, 0.15) is 11.4 Å². The molecule has 0 unspecified atom stereocenters. The Bertz CT molecular complexity index is 470. The smallest absolute Gasteiger partial charge is 0.412 e. The van der Waals surface area contributed by atoms with Crippen molar-refractivity contribution in [3.8, 4) is 0 Å². The van der Waals surface area contributed by atoms with Crippen molar-refractivity contribution in [2.45, 2.75) is 52.6 Å². The molecule has 0 heterocycles. The molecule has 1 aromatic carbocycles. The number of hydrogen-bond donors (Lipinski definition) is 1. The Balaban J connectivity index is 2.89. The number of rotatable bonds is 1. The van der Waals surface area contributed by atoms with E-state index in [0.29, 0.717) is 11.3 Å². The number of anilines is 1. The standard InChI is InChI=1S/C15H22FNO2/c1-14(2,3)11-9-10(7-8-12(11)16)17-13(18)19-15(4,5)6/h7-9H,1-6H3,(H,17,18). The van der Waals surface area contributed by atoms with Gasteiger partial charge in [0.15, 0.2) is 0 Å². The first-order valence-corrected chi connectivity index (χ1v) is 6.29. The minimum Gasteiger partial charge on any atom is -0.444 e. The summed E-state index contributed by atoms with van der Waals surface area (Å²) in [4.78, 5) is 11.6. The average molecular weight is 267 g/mol. The fraction of sp³-hybridized carbons (Fsp3) is 0.533. The molecule has 0 radical (unpaired) electrons. The van der Waals surface area contributed by atoms with E-state index in [1.54, 1.807) is 26.8 Å². The van der Waals surface area contributed by atoms with Crippen LogP contribution in [0.1, 0.15) is 47.1 Å². The van der Waals surface area contributed by atoms with E-state index in [0.717, 1.165) is 0 Å². The minimum atomic E-state index is -0.559. The van der Waals surface area contributed by atoms with Gasteiger partial charge in [0.05, 0.1) is 0 Å². The van der Waals surface area contributed by atoms with Gasteiger partial charge in [-0.15, -0.1) is 0 Å². The lowest BCUT2D eigenvalue weighted by molar-refractivity contribution is 0.0636. The van der Waals surface area contributed by atoms with Crippen molar-refractivity contribution < 1.29 is 13.9 Å². The third kappa shape index (κ3) is 4.89. The van der Waals surface area contributed by atoms with Crippen LogP contribution in [0.5, 0.6) is 0 Å². The Hall–Kier alpha value is -1.58. The van der Waals surface area contributed by atoms with Crippen LogP contribution in [-0.2, 0) is 10.2 Å². The van der Waals surface area contributed by atoms with Crippen LogP contribution >= 0.6 is 0 Å². The van der Waals surface area contributed by atoms with Crippen molar-refractivity contribution in [1.29, 1.82) is 0 Å². The predicted octanol–water partition coefficient (Wildman–Crippen LogP) is 4.47. The van der Waals surface area contributed by atoms with E-state index in [1.807, 2.05) is 20.8 Å². The summed E-state index contributed by atoms with van der Waals surface area (Å²) in [6.45, 7) is 11.1. The van der Waals surface area contributed by atoms with Crippen LogP contribution in [0.15, 0.2) is 18.2 Å². The van der Waals surface area contributed by atoms with Crippen molar-refractivity contribution in [3.05, 3.63) is 29.6 Å². The summed E-state index contributed by atoms with van der Waals surface area (Å²) in [5.74, 6) is -0.276. The Morgan fingerprint density at radius 2 is 1.74 bits per heavy atom. The van der Waals surface area contributed by atoms with Crippen LogP contribution in [0.2, 0.25) is 0 Å². The molecule has 1 aromatic rings. The second-order valence-electron chi connectivity index (χ2n) is 6.57. The molecule has 0 aromatic heterocycles. The summed E-state index contributed by atoms with van der Waals surface area (Å²) in [6.07, 6.45) is -0.543. The number of halogens is 1. The molecular weight excluding hydrogens is 245 g/mol. The number of carbonyl (C=O) groups is 1. The van der Waals surface area contributed by atoms with Gasteiger partial charge in [-0.05, 0) is 49.9 Å². The van der Waals surface area contributed by atoms with Gasteiger partial charge in [-0.1, -0.05) is 20.8 Å². The maximum atomic E-state index is 13.7. The van der Waals surface area contributed by atoms with Gasteiger partial charge in [0, 0.05) is 5.69 Å². The van der Waals surface area contributed by atoms with Crippen LogP contribution in [0, 0.1) is 5.82 Å². The topological polar surface area (TPSA) is 38.3 Å². The highest BCUT2D eigenvalue weighted by Gasteiger charge is 2.20. The van der Waals surface area contributed by atoms with Gasteiger partial charge in [-0.25, -0.2) is 9.18 Å². The maximum absolute atomic E-state index is 13.7. The number of carbonyl (C=O) groups excluding carboxylic acids is 1. The number of amides is 1. The van der Waals surface area contributed by atoms with Crippen molar-refractivity contribution in [2.75, 3.05) is 5.32 Å². The zero-order valence-corrected chi connectivity index (χ0v) is 12.4. The Morgan fingerprint density at radius 3 is 2.21 bits per heavy atom. The fourth-order valence-corrected chi connectivity index (χ4v) is 1.60. The number of ether oxygens (including phenoxy) is 1. The summed E-state index contributed by atoms with van der Waals surface area (Å²) in [6, 6.07) is 4.51. The second kappa shape index (κ2) is 5.19. The van der Waals surface area contributed by atoms with E-state index in [4.69, 9.17) is 4.74 Å². The fourth-order valence-electron chi connectivity index (χ4n) is 1.60. The molecule has 0 saturated carbocycles. The van der Waals surface area contributed by atoms with Gasteiger partial charge in [-0.3, -0.25) is 5.32 Å². The first-order chi connectivity index (χ1) is 8.49. The van der Waals surface area contributed by atoms with E-state index < -0.39 is 11.7 Å². The van der Waals surface area contributed by atoms with Crippen LogP contribution in [-0.4, -0.2) is 11.7 Å². The predicted molar refractivity (Wildman–Crippen MR) is 75.0 cm³/mol. The molecule has 0 saturated heterocycles. The van der Waals surface area contributed by atoms with Gasteiger partial charge in [0.25, 0.3) is 0 Å². The Morgan fingerprint density at radius 1 is 1.16 bits per heavy atom. The molecule has 0 fully saturated rings. The molecule has 1 amide bonds. The van der Waals surface area contributed by atoms with Crippen LogP contribution in [0.3, 0.4) is 0 Å². The molecule has 0 atom stereocenters. The Kier molecular flexibility index (Phi) is 4.23. The summed E-state index contributed by atoms with van der Waals surface area (Å²) in [5.41, 5.74) is 0.203. The van der Waals surface area contributed by atoms with E-state index >= 15 is 0 Å². The van der Waals surface area contributed by atoms with Crippen molar-refractivity contribution in [1.82, 2.24) is 0 Å². The van der Waals surface area contributed by atoms with E-state index in [9.17, 15) is 9.18 Å². The van der Waals surface area contributed by atoms with E-state index in [2.05, 4.69) is 5.32 Å². The summed E-state index contributed by atoms with van der Waals surface area (Å²) < 4.78 is 18.9. The molecule has 3 nitrogen and oxygen atoms in total. The maximum Gasteiger partial charge on any atom is 0.412 e. The lowest BCUT2D eigenvalue weighted by Gasteiger charge is -2.22. The first-order valence-electron chi connectivity index (χ1n) is 6.29. The molecule has 4 heteroatoms. The van der Waals surface area contributed by atoms with E-state index in [-0.39, 0.29) is 11.2 Å². The van der Waals surface area contributed by atoms with Crippen molar-refractivity contribution in [3.63, 3.8) is 0 Å². The lowest BCUT2D eigenvalue weighted by atomic mass is 9.86. The van der Waals surface area contributed by atoms with Crippen molar-refractivity contribution in [2.24, 2.45) is 0 Å². The molecule has 19 heavy (non-hydrogen) atoms. The number of nitrogens with one attached hydrogen (secondary N) is 1. The SMILES string of the molecule is CC(C)(C)OC(=O)Nc1ccc(F)c(C(C)(C)C)c1. The van der Waals surface area contributed by atoms with Gasteiger partial charge >= 0.3 is 6.09 Å². The molecule has 0 aliphatic carbocycles. The monoisotopic (exact) mass is 267 g/mol. The first kappa shape index (κ1) is 15.5. The summed E-state index contributed by atoms with van der Waals surface area (Å²) >= 11 is 0. The summed E-state index contributed by atoms with van der Waals surface area (Å²) in [7, 11) is 0. The zero-order valence-electron chi connectivity index (χ0n) is 12.4. The normalized spacial score (nSPS) is 12.2. The van der Waals surface area contributed by atoms with Gasteiger partial charge in [0.2, 0.25) is 0 Å². The quantitative estimate of drug-likeness (QED) is 0.815. The van der Waals surface area contributed by atoms with Gasteiger partial charge < -0.3 is 4.74 Å². The molecule has 0 bridgehead atoms. The zero-order chi connectivity index (χ0) is 14.8. The van der Waals surface area contributed by atoms with Crippen LogP contribution in [0.4, 0.5) is 14.9 Å². The summed E-state index contributed by atoms with van der Waals surface area (Å²) in [5, 5.41) is 2.61. The number of benzene rings is 1. The van der Waals surface area contributed by atoms with E-state index in [1.165, 1.54) is 12.1 Å². The molecular formula is C15H22FNO2. The second-order valence-corrected chi connectivity index (χ2v) is 6.57. The third-order valence-corrected chi connectivity index (χ3v) is 2.42.